The van der Waals surface area contributed by atoms with Gasteiger partial charge in [0.1, 0.15) is 5.82 Å². The largest absolute Gasteiger partial charge is 0.417 e. The zero-order valence-electron chi connectivity index (χ0n) is 16.4. The van der Waals surface area contributed by atoms with Gasteiger partial charge < -0.3 is 20.3 Å². The minimum absolute atomic E-state index is 0.00820. The number of hydrogen-bond acceptors (Lipinski definition) is 4. The van der Waals surface area contributed by atoms with E-state index >= 15 is 0 Å². The summed E-state index contributed by atoms with van der Waals surface area (Å²) in [4.78, 5) is 10.4. The molecule has 6 nitrogen and oxygen atoms in total. The number of nitrogens with zero attached hydrogens (tertiary/aromatic N) is 3. The summed E-state index contributed by atoms with van der Waals surface area (Å²) in [5.41, 5.74) is -0.842. The predicted octanol–water partition coefficient (Wildman–Crippen LogP) is 3.31. The molecule has 10 heteroatoms. The quantitative estimate of drug-likeness (QED) is 0.374. The fraction of sp³-hybridized carbons (Fsp3) is 0.684. The van der Waals surface area contributed by atoms with Crippen molar-refractivity contribution in [3.05, 3.63) is 22.8 Å². The van der Waals surface area contributed by atoms with Gasteiger partial charge in [0, 0.05) is 38.5 Å². The highest BCUT2D eigenvalue weighted by molar-refractivity contribution is 6.33. The van der Waals surface area contributed by atoms with E-state index in [0.29, 0.717) is 38.0 Å². The minimum atomic E-state index is -4.45. The van der Waals surface area contributed by atoms with E-state index in [4.69, 9.17) is 16.3 Å². The third-order valence-corrected chi connectivity index (χ3v) is 5.16. The molecule has 1 aliphatic heterocycles. The molecular formula is C19H27ClF3N5O. The molecule has 0 bridgehead atoms. The molecule has 0 spiro atoms. The van der Waals surface area contributed by atoms with E-state index in [2.05, 4.69) is 20.6 Å². The maximum Gasteiger partial charge on any atom is 0.417 e. The highest BCUT2D eigenvalue weighted by Crippen LogP contribution is 2.34. The van der Waals surface area contributed by atoms with Crippen molar-refractivity contribution >= 4 is 23.4 Å². The molecule has 3 rings (SSSR count). The van der Waals surface area contributed by atoms with Gasteiger partial charge in [0.25, 0.3) is 0 Å². The van der Waals surface area contributed by atoms with Gasteiger partial charge in [-0.25, -0.2) is 4.98 Å². The van der Waals surface area contributed by atoms with Crippen LogP contribution >= 0.6 is 11.6 Å². The predicted molar refractivity (Wildman–Crippen MR) is 108 cm³/mol. The van der Waals surface area contributed by atoms with Crippen molar-refractivity contribution in [2.24, 2.45) is 10.9 Å². The number of pyridine rings is 1. The van der Waals surface area contributed by atoms with Crippen LogP contribution in [0.4, 0.5) is 19.0 Å². The van der Waals surface area contributed by atoms with Crippen molar-refractivity contribution in [3.63, 3.8) is 0 Å². The van der Waals surface area contributed by atoms with Crippen molar-refractivity contribution in [1.29, 1.82) is 0 Å². The van der Waals surface area contributed by atoms with Crippen LogP contribution in [0, 0.1) is 5.92 Å². The van der Waals surface area contributed by atoms with Crippen LogP contribution in [0.1, 0.15) is 31.7 Å². The fourth-order valence-electron chi connectivity index (χ4n) is 3.16. The molecule has 1 saturated carbocycles. The van der Waals surface area contributed by atoms with Crippen molar-refractivity contribution < 1.29 is 17.9 Å². The van der Waals surface area contributed by atoms with Crippen molar-refractivity contribution in [2.45, 2.75) is 38.4 Å². The molecule has 0 radical (unpaired) electrons. The maximum absolute atomic E-state index is 12.8. The first-order valence-electron chi connectivity index (χ1n) is 9.97. The number of rotatable bonds is 8. The Morgan fingerprint density at radius 2 is 2.17 bits per heavy atom. The molecule has 1 aromatic heterocycles. The molecule has 1 aromatic rings. The number of guanidine groups is 1. The highest BCUT2D eigenvalue weighted by atomic mass is 35.5. The van der Waals surface area contributed by atoms with E-state index in [1.165, 1.54) is 12.8 Å². The first-order chi connectivity index (χ1) is 13.9. The Morgan fingerprint density at radius 1 is 1.38 bits per heavy atom. The summed E-state index contributed by atoms with van der Waals surface area (Å²) in [6, 6.07) is 1.03. The third-order valence-electron chi connectivity index (χ3n) is 4.88. The lowest BCUT2D eigenvalue weighted by molar-refractivity contribution is -0.137. The van der Waals surface area contributed by atoms with Crippen LogP contribution in [0.25, 0.3) is 0 Å². The Kier molecular flexibility index (Phi) is 7.45. The maximum atomic E-state index is 12.8. The monoisotopic (exact) mass is 433 g/mol. The Balaban J connectivity index is 1.51. The molecule has 2 aliphatic rings. The Bertz CT molecular complexity index is 712. The van der Waals surface area contributed by atoms with Gasteiger partial charge in [0.15, 0.2) is 5.96 Å². The summed E-state index contributed by atoms with van der Waals surface area (Å²) >= 11 is 6.07. The number of anilines is 1. The molecule has 162 valence electrons. The zero-order chi connectivity index (χ0) is 20.9. The lowest BCUT2D eigenvalue weighted by Gasteiger charge is -2.21. The first-order valence-corrected chi connectivity index (χ1v) is 10.3. The third kappa shape index (κ3) is 6.64. The van der Waals surface area contributed by atoms with Crippen molar-refractivity contribution in [2.75, 3.05) is 44.3 Å². The highest BCUT2D eigenvalue weighted by Gasteiger charge is 2.33. The SMILES string of the molecule is CCNC(=NCCOCC1CC1)NC1CCN(c2ncc(C(F)(F)F)cc2Cl)C1. The van der Waals surface area contributed by atoms with E-state index in [1.54, 1.807) is 0 Å². The summed E-state index contributed by atoms with van der Waals surface area (Å²) in [6.45, 7) is 5.95. The standard InChI is InChI=1S/C19H27ClF3N5O/c1-2-24-18(25-6-8-29-12-13-3-4-13)27-15-5-7-28(11-15)17-16(20)9-14(10-26-17)19(21,22)23/h9-10,13,15H,2-8,11-12H2,1H3,(H2,24,25,27). The van der Waals surface area contributed by atoms with Crippen molar-refractivity contribution in [1.82, 2.24) is 15.6 Å². The molecule has 2 fully saturated rings. The van der Waals surface area contributed by atoms with Gasteiger partial charge in [0.05, 0.1) is 23.7 Å². The van der Waals surface area contributed by atoms with Gasteiger partial charge in [-0.1, -0.05) is 11.6 Å². The molecule has 0 aromatic carbocycles. The average molecular weight is 434 g/mol. The van der Waals surface area contributed by atoms with Crippen LogP contribution in [-0.4, -0.2) is 56.4 Å². The normalized spacial score (nSPS) is 20.2. The smallest absolute Gasteiger partial charge is 0.379 e. The number of halogens is 4. The van der Waals surface area contributed by atoms with E-state index in [9.17, 15) is 13.2 Å². The molecular weight excluding hydrogens is 407 g/mol. The fourth-order valence-corrected chi connectivity index (χ4v) is 3.44. The van der Waals surface area contributed by atoms with Gasteiger partial charge in [-0.05, 0) is 38.2 Å². The summed E-state index contributed by atoms with van der Waals surface area (Å²) in [6.07, 6.45) is -0.284. The van der Waals surface area contributed by atoms with Gasteiger partial charge in [0.2, 0.25) is 0 Å². The Labute approximate surface area is 173 Å². The summed E-state index contributed by atoms with van der Waals surface area (Å²) in [5, 5.41) is 6.59. The lowest BCUT2D eigenvalue weighted by Crippen LogP contribution is -2.44. The molecule has 2 heterocycles. The lowest BCUT2D eigenvalue weighted by atomic mass is 10.2. The zero-order valence-corrected chi connectivity index (χ0v) is 17.2. The second-order valence-electron chi connectivity index (χ2n) is 7.38. The molecule has 1 atom stereocenters. The number of aromatic nitrogens is 1. The van der Waals surface area contributed by atoms with E-state index in [1.807, 2.05) is 11.8 Å². The molecule has 1 aliphatic carbocycles. The van der Waals surface area contributed by atoms with Crippen LogP contribution < -0.4 is 15.5 Å². The summed E-state index contributed by atoms with van der Waals surface area (Å²) < 4.78 is 44.0. The number of hydrogen-bond donors (Lipinski definition) is 2. The van der Waals surface area contributed by atoms with Gasteiger partial charge in [-0.2, -0.15) is 13.2 Å². The van der Waals surface area contributed by atoms with E-state index in [-0.39, 0.29) is 11.1 Å². The van der Waals surface area contributed by atoms with Gasteiger partial charge >= 0.3 is 6.18 Å². The minimum Gasteiger partial charge on any atom is -0.379 e. The molecule has 0 amide bonds. The van der Waals surface area contributed by atoms with E-state index < -0.39 is 11.7 Å². The number of ether oxygens (including phenoxy) is 1. The summed E-state index contributed by atoms with van der Waals surface area (Å²) in [7, 11) is 0. The number of aliphatic imine (C=N–C) groups is 1. The van der Waals surface area contributed by atoms with Crippen LogP contribution in [-0.2, 0) is 10.9 Å². The Morgan fingerprint density at radius 3 is 2.83 bits per heavy atom. The van der Waals surface area contributed by atoms with Gasteiger partial charge in [-0.3, -0.25) is 4.99 Å². The summed E-state index contributed by atoms with van der Waals surface area (Å²) in [5.74, 6) is 1.82. The van der Waals surface area contributed by atoms with Crippen LogP contribution in [0.5, 0.6) is 0 Å². The molecule has 1 saturated heterocycles. The van der Waals surface area contributed by atoms with E-state index in [0.717, 1.165) is 37.8 Å². The molecule has 1 unspecified atom stereocenters. The van der Waals surface area contributed by atoms with Crippen LogP contribution in [0.15, 0.2) is 17.3 Å². The molecule has 2 N–H and O–H groups in total. The number of alkyl halides is 3. The van der Waals surface area contributed by atoms with Crippen LogP contribution in [0.2, 0.25) is 5.02 Å². The second-order valence-corrected chi connectivity index (χ2v) is 7.79. The average Bonchev–Trinajstić information content (AvgIpc) is 3.37. The number of nitrogens with one attached hydrogen (secondary N) is 2. The van der Waals surface area contributed by atoms with Crippen LogP contribution in [0.3, 0.4) is 0 Å². The second kappa shape index (κ2) is 9.84. The Hall–Kier alpha value is -1.74. The van der Waals surface area contributed by atoms with Gasteiger partial charge in [-0.15, -0.1) is 0 Å². The van der Waals surface area contributed by atoms with Crippen molar-refractivity contribution in [3.8, 4) is 0 Å². The molecule has 29 heavy (non-hydrogen) atoms. The topological polar surface area (TPSA) is 61.8 Å². The first kappa shape index (κ1) is 22.0.